The summed E-state index contributed by atoms with van der Waals surface area (Å²) in [6, 6.07) is 27.5. The fourth-order valence-corrected chi connectivity index (χ4v) is 4.63. The lowest BCUT2D eigenvalue weighted by atomic mass is 10.1. The van der Waals surface area contributed by atoms with Gasteiger partial charge in [0, 0.05) is 22.5 Å². The van der Waals surface area contributed by atoms with E-state index in [4.69, 9.17) is 5.73 Å². The molecule has 0 aliphatic heterocycles. The van der Waals surface area contributed by atoms with Gasteiger partial charge in [0.2, 0.25) is 0 Å². The van der Waals surface area contributed by atoms with Crippen molar-refractivity contribution in [3.05, 3.63) is 108 Å². The Morgan fingerprint density at radius 2 is 1.83 bits per heavy atom. The second kappa shape index (κ2) is 10.4. The smallest absolute Gasteiger partial charge is 0.255 e. The molecule has 0 saturated heterocycles. The third kappa shape index (κ3) is 5.47. The van der Waals surface area contributed by atoms with Crippen LogP contribution in [0.1, 0.15) is 22.3 Å². The van der Waals surface area contributed by atoms with Crippen LogP contribution in [0.4, 0.5) is 11.4 Å². The highest BCUT2D eigenvalue weighted by Crippen LogP contribution is 2.30. The Bertz CT molecular complexity index is 1430. The van der Waals surface area contributed by atoms with Gasteiger partial charge in [-0.25, -0.2) is 0 Å². The molecule has 35 heavy (non-hydrogen) atoms. The van der Waals surface area contributed by atoms with Gasteiger partial charge in [0.25, 0.3) is 5.91 Å². The first-order chi connectivity index (χ1) is 17.2. The molecule has 0 radical (unpaired) electrons. The number of rotatable bonds is 8. The monoisotopic (exact) mass is 479 g/mol. The zero-order valence-corrected chi connectivity index (χ0v) is 19.9. The van der Waals surface area contributed by atoms with Crippen molar-refractivity contribution in [3.8, 4) is 21.7 Å². The van der Waals surface area contributed by atoms with Gasteiger partial charge in [0.1, 0.15) is 5.69 Å². The molecule has 0 aliphatic rings. The van der Waals surface area contributed by atoms with Gasteiger partial charge in [-0.1, -0.05) is 59.8 Å². The Morgan fingerprint density at radius 1 is 0.943 bits per heavy atom. The molecule has 0 fully saturated rings. The second-order valence-electron chi connectivity index (χ2n) is 8.27. The first kappa shape index (κ1) is 22.6. The standard InChI is InChI=1S/C28H25N5OS/c29-24-14-13-22(27-12-6-16-35-27)18-25(24)30-28(34)23-11-4-10-21(17-23)26-19-33(32-31-26)15-5-9-20-7-2-1-3-8-20/h1-4,6-8,10-14,16-19H,5,9,15,29H2,(H,30,34). The first-order valence-electron chi connectivity index (χ1n) is 11.4. The third-order valence-electron chi connectivity index (χ3n) is 5.76. The number of hydrogen-bond donors (Lipinski definition) is 2. The van der Waals surface area contributed by atoms with E-state index < -0.39 is 0 Å². The SMILES string of the molecule is Nc1ccc(-c2cccs2)cc1NC(=O)c1cccc(-c2cn(CCCc3ccccc3)nn2)c1. The molecule has 5 rings (SSSR count). The number of anilines is 2. The van der Waals surface area contributed by atoms with Crippen LogP contribution in [0.25, 0.3) is 21.7 Å². The molecule has 174 valence electrons. The maximum Gasteiger partial charge on any atom is 0.255 e. The highest BCUT2D eigenvalue weighted by molar-refractivity contribution is 7.13. The van der Waals surface area contributed by atoms with Crippen molar-refractivity contribution in [3.63, 3.8) is 0 Å². The zero-order chi connectivity index (χ0) is 24.0. The number of amides is 1. The number of thiophene rings is 1. The highest BCUT2D eigenvalue weighted by atomic mass is 32.1. The molecule has 5 aromatic rings. The van der Waals surface area contributed by atoms with E-state index in [1.807, 2.05) is 70.9 Å². The average Bonchev–Trinajstić information content (AvgIpc) is 3.59. The molecule has 3 aromatic carbocycles. The van der Waals surface area contributed by atoms with Crippen molar-refractivity contribution < 1.29 is 4.79 Å². The van der Waals surface area contributed by atoms with E-state index in [-0.39, 0.29) is 5.91 Å². The number of hydrogen-bond acceptors (Lipinski definition) is 5. The molecule has 0 bridgehead atoms. The van der Waals surface area contributed by atoms with E-state index in [1.54, 1.807) is 17.4 Å². The number of aromatic nitrogens is 3. The van der Waals surface area contributed by atoms with E-state index in [9.17, 15) is 4.79 Å². The average molecular weight is 480 g/mol. The predicted molar refractivity (Wildman–Crippen MR) is 142 cm³/mol. The molecule has 0 atom stereocenters. The van der Waals surface area contributed by atoms with Crippen LogP contribution in [0.5, 0.6) is 0 Å². The van der Waals surface area contributed by atoms with E-state index in [2.05, 4.69) is 39.9 Å². The number of nitrogens with two attached hydrogens (primary N) is 1. The van der Waals surface area contributed by atoms with Gasteiger partial charge >= 0.3 is 0 Å². The maximum absolute atomic E-state index is 13.0. The number of nitrogen functional groups attached to an aromatic ring is 1. The van der Waals surface area contributed by atoms with Crippen molar-refractivity contribution in [2.75, 3.05) is 11.1 Å². The van der Waals surface area contributed by atoms with E-state index in [1.165, 1.54) is 5.56 Å². The quantitative estimate of drug-likeness (QED) is 0.262. The van der Waals surface area contributed by atoms with Crippen LogP contribution in [0, 0.1) is 0 Å². The Labute approximate surface area is 208 Å². The van der Waals surface area contributed by atoms with Crippen LogP contribution in [-0.4, -0.2) is 20.9 Å². The Morgan fingerprint density at radius 3 is 2.66 bits per heavy atom. The van der Waals surface area contributed by atoms with Crippen molar-refractivity contribution in [2.24, 2.45) is 0 Å². The largest absolute Gasteiger partial charge is 0.397 e. The van der Waals surface area contributed by atoms with Gasteiger partial charge in [-0.15, -0.1) is 16.4 Å². The topological polar surface area (TPSA) is 85.8 Å². The van der Waals surface area contributed by atoms with Crippen LogP contribution in [0.15, 0.2) is 96.5 Å². The van der Waals surface area contributed by atoms with Crippen molar-refractivity contribution >= 4 is 28.6 Å². The number of nitrogens with one attached hydrogen (secondary N) is 1. The first-order valence-corrected chi connectivity index (χ1v) is 12.3. The van der Waals surface area contributed by atoms with Crippen molar-refractivity contribution in [2.45, 2.75) is 19.4 Å². The van der Waals surface area contributed by atoms with Gasteiger partial charge in [-0.3, -0.25) is 9.48 Å². The molecule has 1 amide bonds. The number of carbonyl (C=O) groups is 1. The minimum absolute atomic E-state index is 0.225. The summed E-state index contributed by atoms with van der Waals surface area (Å²) in [5.74, 6) is -0.225. The molecule has 0 spiro atoms. The Balaban J connectivity index is 1.26. The molecule has 6 nitrogen and oxygen atoms in total. The Hall–Kier alpha value is -4.23. The normalized spacial score (nSPS) is 10.9. The summed E-state index contributed by atoms with van der Waals surface area (Å²) < 4.78 is 1.85. The number of aryl methyl sites for hydroxylation is 2. The fraction of sp³-hybridized carbons (Fsp3) is 0.107. The van der Waals surface area contributed by atoms with Gasteiger partial charge in [0.05, 0.1) is 17.6 Å². The minimum Gasteiger partial charge on any atom is -0.397 e. The third-order valence-corrected chi connectivity index (χ3v) is 6.68. The lowest BCUT2D eigenvalue weighted by Gasteiger charge is -2.10. The van der Waals surface area contributed by atoms with Gasteiger partial charge in [-0.2, -0.15) is 0 Å². The number of nitrogens with zero attached hydrogens (tertiary/aromatic N) is 3. The van der Waals surface area contributed by atoms with Crippen LogP contribution >= 0.6 is 11.3 Å². The molecule has 2 heterocycles. The Kier molecular flexibility index (Phi) is 6.68. The maximum atomic E-state index is 13.0. The molecule has 7 heteroatoms. The molecule has 0 saturated carbocycles. The van der Waals surface area contributed by atoms with Gasteiger partial charge in [0.15, 0.2) is 0 Å². The van der Waals surface area contributed by atoms with E-state index in [0.29, 0.717) is 16.9 Å². The van der Waals surface area contributed by atoms with Crippen molar-refractivity contribution in [1.82, 2.24) is 15.0 Å². The summed E-state index contributed by atoms with van der Waals surface area (Å²) in [6.07, 6.45) is 3.88. The summed E-state index contributed by atoms with van der Waals surface area (Å²) >= 11 is 1.64. The van der Waals surface area contributed by atoms with Crippen LogP contribution < -0.4 is 11.1 Å². The van der Waals surface area contributed by atoms with E-state index >= 15 is 0 Å². The highest BCUT2D eigenvalue weighted by Gasteiger charge is 2.12. The summed E-state index contributed by atoms with van der Waals surface area (Å²) in [5.41, 5.74) is 11.7. The van der Waals surface area contributed by atoms with Gasteiger partial charge < -0.3 is 11.1 Å². The summed E-state index contributed by atoms with van der Waals surface area (Å²) in [4.78, 5) is 14.1. The molecule has 0 aliphatic carbocycles. The number of benzene rings is 3. The predicted octanol–water partition coefficient (Wildman–Crippen LogP) is 6.14. The molecular formula is C28H25N5OS. The lowest BCUT2D eigenvalue weighted by molar-refractivity contribution is 0.102. The summed E-state index contributed by atoms with van der Waals surface area (Å²) in [6.45, 7) is 0.780. The number of carbonyl (C=O) groups excluding carboxylic acids is 1. The zero-order valence-electron chi connectivity index (χ0n) is 19.1. The lowest BCUT2D eigenvalue weighted by Crippen LogP contribution is -2.13. The fourth-order valence-electron chi connectivity index (χ4n) is 3.90. The molecular weight excluding hydrogens is 454 g/mol. The van der Waals surface area contributed by atoms with Crippen LogP contribution in [0.2, 0.25) is 0 Å². The minimum atomic E-state index is -0.225. The van der Waals surface area contributed by atoms with E-state index in [0.717, 1.165) is 41.1 Å². The summed E-state index contributed by atoms with van der Waals surface area (Å²) in [7, 11) is 0. The van der Waals surface area contributed by atoms with Crippen LogP contribution in [-0.2, 0) is 13.0 Å². The molecule has 2 aromatic heterocycles. The van der Waals surface area contributed by atoms with Crippen molar-refractivity contribution in [1.29, 1.82) is 0 Å². The van der Waals surface area contributed by atoms with Gasteiger partial charge in [-0.05, 0) is 59.7 Å². The second-order valence-corrected chi connectivity index (χ2v) is 9.22. The van der Waals surface area contributed by atoms with Crippen LogP contribution in [0.3, 0.4) is 0 Å². The molecule has 3 N–H and O–H groups in total. The summed E-state index contributed by atoms with van der Waals surface area (Å²) in [5, 5.41) is 13.6. The molecule has 0 unspecified atom stereocenters.